The van der Waals surface area contributed by atoms with Gasteiger partial charge in [0, 0.05) is 10.4 Å². The number of unbranched alkanes of at least 4 members (excludes halogenated alkanes) is 1. The highest BCUT2D eigenvalue weighted by molar-refractivity contribution is 9.09. The molecule has 0 fully saturated rings. The van der Waals surface area contributed by atoms with Crippen LogP contribution < -0.4 is 4.74 Å². The Morgan fingerprint density at radius 3 is 2.60 bits per heavy atom. The first-order valence-corrected chi connectivity index (χ1v) is 6.67. The predicted octanol–water partition coefficient (Wildman–Crippen LogP) is 4.86. The molecule has 0 aliphatic rings. The minimum atomic E-state index is 0.582. The van der Waals surface area contributed by atoms with E-state index in [-0.39, 0.29) is 0 Å². The zero-order chi connectivity index (χ0) is 11.3. The molecule has 0 atom stereocenters. The lowest BCUT2D eigenvalue weighted by Crippen LogP contribution is -1.99. The van der Waals surface area contributed by atoms with Crippen molar-refractivity contribution in [2.24, 2.45) is 0 Å². The minimum Gasteiger partial charge on any atom is -0.492 e. The second-order valence-corrected chi connectivity index (χ2v) is 4.91. The first-order valence-electron chi connectivity index (χ1n) is 4.79. The Hall–Kier alpha value is 0.0800. The Kier molecular flexibility index (Phi) is 5.80. The van der Waals surface area contributed by atoms with Crippen LogP contribution in [0.25, 0.3) is 0 Å². The highest BCUT2D eigenvalue weighted by atomic mass is 79.9. The molecule has 0 saturated carbocycles. The van der Waals surface area contributed by atoms with E-state index in [0.717, 1.165) is 29.5 Å². The van der Waals surface area contributed by atoms with Crippen LogP contribution in [0.15, 0.2) is 12.1 Å². The van der Waals surface area contributed by atoms with Gasteiger partial charge in [0.15, 0.2) is 0 Å². The van der Waals surface area contributed by atoms with Gasteiger partial charge >= 0.3 is 0 Å². The van der Waals surface area contributed by atoms with E-state index in [1.54, 1.807) is 6.07 Å². The summed E-state index contributed by atoms with van der Waals surface area (Å²) in [6, 6.07) is 3.56. The Morgan fingerprint density at radius 2 is 2.00 bits per heavy atom. The van der Waals surface area contributed by atoms with Gasteiger partial charge < -0.3 is 4.74 Å². The summed E-state index contributed by atoms with van der Waals surface area (Å²) >= 11 is 15.3. The van der Waals surface area contributed by atoms with Crippen LogP contribution in [0.2, 0.25) is 10.0 Å². The monoisotopic (exact) mass is 310 g/mol. The lowest BCUT2D eigenvalue weighted by atomic mass is 10.2. The molecule has 0 aliphatic carbocycles. The zero-order valence-corrected chi connectivity index (χ0v) is 11.6. The molecular formula is C11H13BrCl2O. The quantitative estimate of drug-likeness (QED) is 0.557. The second-order valence-electron chi connectivity index (χ2n) is 3.28. The van der Waals surface area contributed by atoms with E-state index in [9.17, 15) is 0 Å². The molecular weight excluding hydrogens is 299 g/mol. The summed E-state index contributed by atoms with van der Waals surface area (Å²) in [6.45, 7) is 2.63. The van der Waals surface area contributed by atoms with Crippen molar-refractivity contribution in [1.82, 2.24) is 0 Å². The number of aryl methyl sites for hydroxylation is 1. The number of benzene rings is 1. The maximum Gasteiger partial charge on any atom is 0.140 e. The van der Waals surface area contributed by atoms with Crippen LogP contribution in [0.5, 0.6) is 5.75 Å². The topological polar surface area (TPSA) is 9.23 Å². The van der Waals surface area contributed by atoms with Gasteiger partial charge in [-0.05, 0) is 37.5 Å². The van der Waals surface area contributed by atoms with Gasteiger partial charge in [-0.25, -0.2) is 0 Å². The summed E-state index contributed by atoms with van der Waals surface area (Å²) in [5.41, 5.74) is 0.978. The molecule has 1 aromatic rings. The Balaban J connectivity index is 2.60. The van der Waals surface area contributed by atoms with E-state index in [4.69, 9.17) is 27.9 Å². The zero-order valence-electron chi connectivity index (χ0n) is 8.53. The van der Waals surface area contributed by atoms with Crippen molar-refractivity contribution >= 4 is 39.1 Å². The Labute approximate surface area is 109 Å². The summed E-state index contributed by atoms with van der Waals surface area (Å²) in [6.07, 6.45) is 2.12. The molecule has 0 heterocycles. The van der Waals surface area contributed by atoms with Gasteiger partial charge in [-0.1, -0.05) is 39.1 Å². The van der Waals surface area contributed by atoms with Crippen LogP contribution in [0.3, 0.4) is 0 Å². The fraction of sp³-hybridized carbons (Fsp3) is 0.455. The van der Waals surface area contributed by atoms with E-state index < -0.39 is 0 Å². The average molecular weight is 312 g/mol. The van der Waals surface area contributed by atoms with Crippen molar-refractivity contribution in [2.75, 3.05) is 11.9 Å². The smallest absolute Gasteiger partial charge is 0.140 e. The van der Waals surface area contributed by atoms with Crippen LogP contribution in [-0.4, -0.2) is 11.9 Å². The summed E-state index contributed by atoms with van der Waals surface area (Å²) in [5.74, 6) is 0.746. The summed E-state index contributed by atoms with van der Waals surface area (Å²) in [7, 11) is 0. The number of hydrogen-bond acceptors (Lipinski definition) is 1. The maximum atomic E-state index is 6.03. The SMILES string of the molecule is Cc1cc(Cl)cc(Cl)c1OCCCCBr. The van der Waals surface area contributed by atoms with Crippen molar-refractivity contribution in [1.29, 1.82) is 0 Å². The molecule has 0 saturated heterocycles. The van der Waals surface area contributed by atoms with Crippen molar-refractivity contribution in [2.45, 2.75) is 19.8 Å². The van der Waals surface area contributed by atoms with E-state index in [1.807, 2.05) is 13.0 Å². The van der Waals surface area contributed by atoms with Crippen molar-refractivity contribution in [3.05, 3.63) is 27.7 Å². The van der Waals surface area contributed by atoms with E-state index in [1.165, 1.54) is 0 Å². The lowest BCUT2D eigenvalue weighted by Gasteiger charge is -2.10. The van der Waals surface area contributed by atoms with Crippen molar-refractivity contribution < 1.29 is 4.74 Å². The first kappa shape index (κ1) is 13.1. The highest BCUT2D eigenvalue weighted by Crippen LogP contribution is 2.31. The molecule has 4 heteroatoms. The largest absolute Gasteiger partial charge is 0.492 e. The number of hydrogen-bond donors (Lipinski definition) is 0. The lowest BCUT2D eigenvalue weighted by molar-refractivity contribution is 0.308. The summed E-state index contributed by atoms with van der Waals surface area (Å²) in [5, 5.41) is 2.23. The normalized spacial score (nSPS) is 10.4. The third-order valence-electron chi connectivity index (χ3n) is 1.97. The predicted molar refractivity (Wildman–Crippen MR) is 69.7 cm³/mol. The molecule has 0 radical (unpaired) electrons. The Bertz CT molecular complexity index is 305. The van der Waals surface area contributed by atoms with Crippen LogP contribution in [0, 0.1) is 6.92 Å². The van der Waals surface area contributed by atoms with Gasteiger partial charge in [-0.15, -0.1) is 0 Å². The molecule has 1 rings (SSSR count). The summed E-state index contributed by atoms with van der Waals surface area (Å²) in [4.78, 5) is 0. The molecule has 0 aliphatic heterocycles. The van der Waals surface area contributed by atoms with Crippen LogP contribution in [0.4, 0.5) is 0 Å². The molecule has 0 N–H and O–H groups in total. The number of ether oxygens (including phenoxy) is 1. The fourth-order valence-corrected chi connectivity index (χ4v) is 2.29. The summed E-state index contributed by atoms with van der Waals surface area (Å²) < 4.78 is 5.61. The van der Waals surface area contributed by atoms with E-state index in [2.05, 4.69) is 15.9 Å². The van der Waals surface area contributed by atoms with E-state index in [0.29, 0.717) is 16.7 Å². The third kappa shape index (κ3) is 4.21. The number of halogens is 3. The second kappa shape index (κ2) is 6.62. The molecule has 0 spiro atoms. The Morgan fingerprint density at radius 1 is 1.27 bits per heavy atom. The molecule has 1 aromatic carbocycles. The third-order valence-corrected chi connectivity index (χ3v) is 3.03. The molecule has 84 valence electrons. The van der Waals surface area contributed by atoms with Crippen LogP contribution >= 0.6 is 39.1 Å². The van der Waals surface area contributed by atoms with Crippen LogP contribution in [0.1, 0.15) is 18.4 Å². The molecule has 15 heavy (non-hydrogen) atoms. The molecule has 0 unspecified atom stereocenters. The van der Waals surface area contributed by atoms with Crippen molar-refractivity contribution in [3.63, 3.8) is 0 Å². The highest BCUT2D eigenvalue weighted by Gasteiger charge is 2.06. The molecule has 1 nitrogen and oxygen atoms in total. The molecule has 0 amide bonds. The van der Waals surface area contributed by atoms with Gasteiger partial charge in [0.1, 0.15) is 5.75 Å². The molecule has 0 bridgehead atoms. The van der Waals surface area contributed by atoms with Gasteiger partial charge in [0.25, 0.3) is 0 Å². The van der Waals surface area contributed by atoms with Gasteiger partial charge in [-0.3, -0.25) is 0 Å². The van der Waals surface area contributed by atoms with E-state index >= 15 is 0 Å². The van der Waals surface area contributed by atoms with Crippen LogP contribution in [-0.2, 0) is 0 Å². The van der Waals surface area contributed by atoms with Gasteiger partial charge in [-0.2, -0.15) is 0 Å². The number of alkyl halides is 1. The standard InChI is InChI=1S/C11H13BrCl2O/c1-8-6-9(13)7-10(14)11(8)15-5-3-2-4-12/h6-7H,2-5H2,1H3. The minimum absolute atomic E-state index is 0.582. The van der Waals surface area contributed by atoms with Crippen molar-refractivity contribution in [3.8, 4) is 5.75 Å². The van der Waals surface area contributed by atoms with Gasteiger partial charge in [0.2, 0.25) is 0 Å². The van der Waals surface area contributed by atoms with Gasteiger partial charge in [0.05, 0.1) is 11.6 Å². The molecule has 0 aromatic heterocycles. The average Bonchev–Trinajstić information content (AvgIpc) is 2.15. The number of rotatable bonds is 5. The fourth-order valence-electron chi connectivity index (χ4n) is 1.24. The first-order chi connectivity index (χ1) is 7.15. The maximum absolute atomic E-state index is 6.03.